The van der Waals surface area contributed by atoms with E-state index in [2.05, 4.69) is 19.2 Å². The molecular formula is C12H25NO2. The zero-order valence-electron chi connectivity index (χ0n) is 10.4. The Morgan fingerprint density at radius 2 is 1.67 bits per heavy atom. The molecule has 0 aliphatic carbocycles. The van der Waals surface area contributed by atoms with Crippen LogP contribution in [0.3, 0.4) is 0 Å². The van der Waals surface area contributed by atoms with Crippen molar-refractivity contribution in [2.75, 3.05) is 0 Å². The third-order valence-electron chi connectivity index (χ3n) is 2.36. The molecule has 0 aromatic carbocycles. The molecule has 3 heteroatoms. The van der Waals surface area contributed by atoms with Crippen LogP contribution in [0, 0.1) is 5.92 Å². The molecule has 2 N–H and O–H groups in total. The number of carboxylic acids is 1. The topological polar surface area (TPSA) is 49.3 Å². The van der Waals surface area contributed by atoms with Crippen LogP contribution in [0.5, 0.6) is 0 Å². The van der Waals surface area contributed by atoms with Gasteiger partial charge in [-0.1, -0.05) is 47.0 Å². The predicted octanol–water partition coefficient (Wildman–Crippen LogP) is 2.65. The minimum Gasteiger partial charge on any atom is -0.480 e. The van der Waals surface area contributed by atoms with Crippen LogP contribution in [0.1, 0.15) is 53.4 Å². The van der Waals surface area contributed by atoms with Gasteiger partial charge in [0, 0.05) is 6.04 Å². The number of aliphatic carboxylic acids is 1. The molecule has 0 saturated carbocycles. The Bertz CT molecular complexity index is 178. The third-order valence-corrected chi connectivity index (χ3v) is 2.36. The summed E-state index contributed by atoms with van der Waals surface area (Å²) in [6.45, 7) is 8.34. The quantitative estimate of drug-likeness (QED) is 0.612. The van der Waals surface area contributed by atoms with Crippen LogP contribution in [-0.4, -0.2) is 23.2 Å². The molecule has 0 bridgehead atoms. The van der Waals surface area contributed by atoms with Gasteiger partial charge in [0.2, 0.25) is 0 Å². The molecule has 0 rings (SSSR count). The number of hydrogen-bond acceptors (Lipinski definition) is 2. The van der Waals surface area contributed by atoms with E-state index in [1.165, 1.54) is 6.42 Å². The number of carboxylic acid groups (broad SMARTS) is 1. The molecule has 90 valence electrons. The van der Waals surface area contributed by atoms with Crippen LogP contribution in [-0.2, 0) is 4.79 Å². The maximum Gasteiger partial charge on any atom is 0.320 e. The third kappa shape index (κ3) is 8.43. The lowest BCUT2D eigenvalue weighted by atomic mass is 10.0. The summed E-state index contributed by atoms with van der Waals surface area (Å²) in [5, 5.41) is 12.0. The van der Waals surface area contributed by atoms with Crippen molar-refractivity contribution in [3.05, 3.63) is 0 Å². The normalized spacial score (nSPS) is 13.5. The van der Waals surface area contributed by atoms with Gasteiger partial charge in [0.1, 0.15) is 6.04 Å². The second-order valence-electron chi connectivity index (χ2n) is 4.89. The van der Waals surface area contributed by atoms with Gasteiger partial charge in [0.05, 0.1) is 0 Å². The highest BCUT2D eigenvalue weighted by Crippen LogP contribution is 2.10. The summed E-state index contributed by atoms with van der Waals surface area (Å²) in [6.07, 6.45) is 4.05. The Balaban J connectivity index is 3.72. The molecule has 15 heavy (non-hydrogen) atoms. The first-order chi connectivity index (χ1) is 6.93. The number of rotatable bonds is 8. The highest BCUT2D eigenvalue weighted by atomic mass is 16.4. The highest BCUT2D eigenvalue weighted by Gasteiger charge is 2.16. The highest BCUT2D eigenvalue weighted by molar-refractivity contribution is 5.73. The lowest BCUT2D eigenvalue weighted by Gasteiger charge is -2.17. The average molecular weight is 215 g/mol. The Labute approximate surface area is 93.3 Å². The van der Waals surface area contributed by atoms with Gasteiger partial charge in [0.25, 0.3) is 0 Å². The van der Waals surface area contributed by atoms with E-state index in [4.69, 9.17) is 5.11 Å². The van der Waals surface area contributed by atoms with Crippen molar-refractivity contribution >= 4 is 5.97 Å². The average Bonchev–Trinajstić information content (AvgIpc) is 2.08. The smallest absolute Gasteiger partial charge is 0.320 e. The molecule has 0 aromatic heterocycles. The van der Waals surface area contributed by atoms with E-state index in [9.17, 15) is 4.79 Å². The zero-order chi connectivity index (χ0) is 11.8. The van der Waals surface area contributed by atoms with Crippen LogP contribution < -0.4 is 5.32 Å². The molecule has 0 amide bonds. The van der Waals surface area contributed by atoms with Gasteiger partial charge in [-0.25, -0.2) is 0 Å². The van der Waals surface area contributed by atoms with Gasteiger partial charge in [-0.2, -0.15) is 0 Å². The number of unbranched alkanes of at least 4 members (excludes halogenated alkanes) is 1. The van der Waals surface area contributed by atoms with Gasteiger partial charge in [0.15, 0.2) is 0 Å². The molecule has 0 aromatic rings. The molecule has 0 aliphatic heterocycles. The Kier molecular flexibility index (Phi) is 7.39. The summed E-state index contributed by atoms with van der Waals surface area (Å²) in [5.41, 5.74) is 0. The van der Waals surface area contributed by atoms with E-state index in [1.54, 1.807) is 0 Å². The zero-order valence-corrected chi connectivity index (χ0v) is 10.4. The number of hydrogen-bond donors (Lipinski definition) is 2. The number of nitrogens with one attached hydrogen (secondary N) is 1. The van der Waals surface area contributed by atoms with Crippen molar-refractivity contribution in [3.63, 3.8) is 0 Å². The van der Waals surface area contributed by atoms with E-state index >= 15 is 0 Å². The predicted molar refractivity (Wildman–Crippen MR) is 63.0 cm³/mol. The van der Waals surface area contributed by atoms with Crippen molar-refractivity contribution in [1.29, 1.82) is 0 Å². The van der Waals surface area contributed by atoms with E-state index in [0.29, 0.717) is 5.92 Å². The first-order valence-corrected chi connectivity index (χ1v) is 5.92. The van der Waals surface area contributed by atoms with E-state index in [-0.39, 0.29) is 12.1 Å². The SMILES string of the molecule is CC(C)CCCCC(NC(C)C)C(=O)O. The summed E-state index contributed by atoms with van der Waals surface area (Å²) in [6, 6.07) is -0.145. The lowest BCUT2D eigenvalue weighted by Crippen LogP contribution is -2.40. The van der Waals surface area contributed by atoms with Crippen molar-refractivity contribution in [1.82, 2.24) is 5.32 Å². The van der Waals surface area contributed by atoms with Crippen LogP contribution in [0.2, 0.25) is 0 Å². The second kappa shape index (κ2) is 7.69. The summed E-state index contributed by atoms with van der Waals surface area (Å²) in [5.74, 6) is -0.0143. The molecule has 0 heterocycles. The molecule has 0 spiro atoms. The van der Waals surface area contributed by atoms with Gasteiger partial charge < -0.3 is 10.4 Å². The van der Waals surface area contributed by atoms with Gasteiger partial charge >= 0.3 is 5.97 Å². The van der Waals surface area contributed by atoms with Gasteiger partial charge in [-0.3, -0.25) is 4.79 Å². The fourth-order valence-electron chi connectivity index (χ4n) is 1.58. The molecule has 1 unspecified atom stereocenters. The second-order valence-corrected chi connectivity index (χ2v) is 4.89. The first-order valence-electron chi connectivity index (χ1n) is 5.92. The minimum absolute atomic E-state index is 0.233. The lowest BCUT2D eigenvalue weighted by molar-refractivity contribution is -0.139. The number of carbonyl (C=O) groups is 1. The van der Waals surface area contributed by atoms with Crippen LogP contribution >= 0.6 is 0 Å². The minimum atomic E-state index is -0.728. The summed E-state index contributed by atoms with van der Waals surface area (Å²) >= 11 is 0. The fourth-order valence-corrected chi connectivity index (χ4v) is 1.58. The maximum atomic E-state index is 10.9. The Morgan fingerprint density at radius 3 is 2.07 bits per heavy atom. The van der Waals surface area contributed by atoms with E-state index < -0.39 is 5.97 Å². The van der Waals surface area contributed by atoms with Crippen LogP contribution in [0.4, 0.5) is 0 Å². The monoisotopic (exact) mass is 215 g/mol. The maximum absolute atomic E-state index is 10.9. The Morgan fingerprint density at radius 1 is 1.13 bits per heavy atom. The first kappa shape index (κ1) is 14.4. The van der Waals surface area contributed by atoms with Crippen LogP contribution in [0.15, 0.2) is 0 Å². The largest absolute Gasteiger partial charge is 0.480 e. The Hall–Kier alpha value is -0.570. The van der Waals surface area contributed by atoms with E-state index in [0.717, 1.165) is 19.3 Å². The molecular weight excluding hydrogens is 190 g/mol. The van der Waals surface area contributed by atoms with Crippen molar-refractivity contribution in [2.45, 2.75) is 65.5 Å². The van der Waals surface area contributed by atoms with Gasteiger partial charge in [-0.05, 0) is 12.3 Å². The summed E-state index contributed by atoms with van der Waals surface area (Å²) in [7, 11) is 0. The van der Waals surface area contributed by atoms with E-state index in [1.807, 2.05) is 13.8 Å². The molecule has 0 fully saturated rings. The van der Waals surface area contributed by atoms with Crippen molar-refractivity contribution < 1.29 is 9.90 Å². The van der Waals surface area contributed by atoms with Crippen LogP contribution in [0.25, 0.3) is 0 Å². The molecule has 1 atom stereocenters. The molecule has 3 nitrogen and oxygen atoms in total. The summed E-state index contributed by atoms with van der Waals surface area (Å²) in [4.78, 5) is 10.9. The van der Waals surface area contributed by atoms with Crippen molar-refractivity contribution in [2.24, 2.45) is 5.92 Å². The van der Waals surface area contributed by atoms with Gasteiger partial charge in [-0.15, -0.1) is 0 Å². The molecule has 0 aliphatic rings. The molecule has 0 saturated heterocycles. The molecule has 0 radical (unpaired) electrons. The van der Waals surface area contributed by atoms with Crippen molar-refractivity contribution in [3.8, 4) is 0 Å². The standard InChI is InChI=1S/C12H25NO2/c1-9(2)7-5-6-8-11(12(14)15)13-10(3)4/h9-11,13H,5-8H2,1-4H3,(H,14,15). The fraction of sp³-hybridized carbons (Fsp3) is 0.917. The summed E-state index contributed by atoms with van der Waals surface area (Å²) < 4.78 is 0.